The second-order valence-corrected chi connectivity index (χ2v) is 7.14. The van der Waals surface area contributed by atoms with E-state index >= 15 is 0 Å². The molecule has 26 heavy (non-hydrogen) atoms. The zero-order valence-electron chi connectivity index (χ0n) is 16.1. The van der Waals surface area contributed by atoms with Crippen molar-refractivity contribution in [3.8, 4) is 5.69 Å². The highest BCUT2D eigenvalue weighted by atomic mass is 15.3. The maximum absolute atomic E-state index is 4.81. The largest absolute Gasteiger partial charge is 0.378 e. The molecule has 0 aliphatic carbocycles. The molecule has 0 radical (unpaired) electrons. The number of para-hydroxylation sites is 1. The van der Waals surface area contributed by atoms with Gasteiger partial charge in [0.05, 0.1) is 11.4 Å². The molecule has 0 spiro atoms. The van der Waals surface area contributed by atoms with E-state index in [1.165, 1.54) is 16.8 Å². The van der Waals surface area contributed by atoms with Gasteiger partial charge >= 0.3 is 0 Å². The van der Waals surface area contributed by atoms with Crippen molar-refractivity contribution in [3.63, 3.8) is 0 Å². The predicted octanol–water partition coefficient (Wildman–Crippen LogP) is 4.35. The van der Waals surface area contributed by atoms with Crippen molar-refractivity contribution in [3.05, 3.63) is 77.6 Å². The zero-order valence-corrected chi connectivity index (χ0v) is 16.1. The highest BCUT2D eigenvalue weighted by Crippen LogP contribution is 2.20. The Morgan fingerprint density at radius 1 is 1.00 bits per heavy atom. The maximum Gasteiger partial charge on any atom is 0.0699 e. The lowest BCUT2D eigenvalue weighted by Gasteiger charge is -2.14. The molecule has 0 atom stereocenters. The van der Waals surface area contributed by atoms with E-state index in [9.17, 15) is 0 Å². The first-order valence-electron chi connectivity index (χ1n) is 9.15. The van der Waals surface area contributed by atoms with Crippen LogP contribution in [0.15, 0.2) is 60.8 Å². The van der Waals surface area contributed by atoms with Crippen LogP contribution in [0.5, 0.6) is 0 Å². The van der Waals surface area contributed by atoms with Gasteiger partial charge < -0.3 is 10.2 Å². The van der Waals surface area contributed by atoms with Gasteiger partial charge in [0.15, 0.2) is 0 Å². The van der Waals surface area contributed by atoms with Gasteiger partial charge in [0.2, 0.25) is 0 Å². The van der Waals surface area contributed by atoms with Crippen LogP contribution in [0.1, 0.15) is 36.6 Å². The van der Waals surface area contributed by atoms with Crippen LogP contribution in [0, 0.1) is 0 Å². The van der Waals surface area contributed by atoms with E-state index in [4.69, 9.17) is 5.10 Å². The van der Waals surface area contributed by atoms with E-state index in [1.54, 1.807) is 0 Å². The van der Waals surface area contributed by atoms with Gasteiger partial charge in [-0.2, -0.15) is 5.10 Å². The summed E-state index contributed by atoms with van der Waals surface area (Å²) in [5, 5.41) is 8.39. The molecule has 0 amide bonds. The number of nitrogens with zero attached hydrogens (tertiary/aromatic N) is 3. The smallest absolute Gasteiger partial charge is 0.0699 e. The number of hydrogen-bond acceptors (Lipinski definition) is 3. The SMILES string of the molecule is CC(C)c1nn(-c2ccccc2)cc1CNCc1cccc(N(C)C)c1. The molecule has 3 rings (SSSR count). The molecule has 1 heterocycles. The molecular weight excluding hydrogens is 320 g/mol. The molecule has 2 aromatic carbocycles. The highest BCUT2D eigenvalue weighted by Gasteiger charge is 2.13. The van der Waals surface area contributed by atoms with Crippen LogP contribution in [0.3, 0.4) is 0 Å². The molecule has 0 aliphatic rings. The summed E-state index contributed by atoms with van der Waals surface area (Å²) in [4.78, 5) is 2.13. The summed E-state index contributed by atoms with van der Waals surface area (Å²) < 4.78 is 1.99. The number of rotatable bonds is 7. The molecule has 0 unspecified atom stereocenters. The number of benzene rings is 2. The Hall–Kier alpha value is -2.59. The number of anilines is 1. The fraction of sp³-hybridized carbons (Fsp3) is 0.318. The van der Waals surface area contributed by atoms with E-state index in [1.807, 2.05) is 22.9 Å². The van der Waals surface area contributed by atoms with E-state index in [2.05, 4.69) is 80.8 Å². The lowest BCUT2D eigenvalue weighted by Crippen LogP contribution is -2.14. The fourth-order valence-electron chi connectivity index (χ4n) is 3.04. The molecule has 0 fully saturated rings. The summed E-state index contributed by atoms with van der Waals surface area (Å²) in [6, 6.07) is 18.9. The van der Waals surface area contributed by atoms with Crippen molar-refractivity contribution in [2.24, 2.45) is 0 Å². The third-order valence-corrected chi connectivity index (χ3v) is 4.46. The Kier molecular flexibility index (Phi) is 5.74. The standard InChI is InChI=1S/C22H28N4/c1-17(2)22-19(16-26(24-22)20-10-6-5-7-11-20)15-23-14-18-9-8-12-21(13-18)25(3)4/h5-13,16-17,23H,14-15H2,1-4H3. The summed E-state index contributed by atoms with van der Waals surface area (Å²) in [6.07, 6.45) is 2.15. The third-order valence-electron chi connectivity index (χ3n) is 4.46. The monoisotopic (exact) mass is 348 g/mol. The van der Waals surface area contributed by atoms with Crippen LogP contribution in [-0.2, 0) is 13.1 Å². The van der Waals surface area contributed by atoms with Crippen LogP contribution < -0.4 is 10.2 Å². The Morgan fingerprint density at radius 2 is 1.77 bits per heavy atom. The Labute approximate surface area is 156 Å². The van der Waals surface area contributed by atoms with Crippen molar-refractivity contribution in [1.82, 2.24) is 15.1 Å². The van der Waals surface area contributed by atoms with Gasteiger partial charge in [-0.3, -0.25) is 0 Å². The van der Waals surface area contributed by atoms with E-state index < -0.39 is 0 Å². The minimum Gasteiger partial charge on any atom is -0.378 e. The summed E-state index contributed by atoms with van der Waals surface area (Å²) in [7, 11) is 4.14. The minimum atomic E-state index is 0.397. The van der Waals surface area contributed by atoms with Crippen LogP contribution in [0.25, 0.3) is 5.69 Å². The van der Waals surface area contributed by atoms with Gasteiger partial charge in [-0.05, 0) is 35.7 Å². The molecule has 0 saturated carbocycles. The molecule has 4 nitrogen and oxygen atoms in total. The lowest BCUT2D eigenvalue weighted by atomic mass is 10.1. The Morgan fingerprint density at radius 3 is 2.46 bits per heavy atom. The van der Waals surface area contributed by atoms with Gasteiger partial charge in [0.25, 0.3) is 0 Å². The molecule has 1 N–H and O–H groups in total. The molecule has 136 valence electrons. The second-order valence-electron chi connectivity index (χ2n) is 7.14. The Balaban J connectivity index is 1.71. The first-order valence-corrected chi connectivity index (χ1v) is 9.15. The van der Waals surface area contributed by atoms with Crippen molar-refractivity contribution >= 4 is 5.69 Å². The van der Waals surface area contributed by atoms with Crippen LogP contribution in [-0.4, -0.2) is 23.9 Å². The summed E-state index contributed by atoms with van der Waals surface area (Å²) >= 11 is 0. The average molecular weight is 348 g/mol. The van der Waals surface area contributed by atoms with E-state index in [0.29, 0.717) is 5.92 Å². The second kappa shape index (κ2) is 8.19. The minimum absolute atomic E-state index is 0.397. The Bertz CT molecular complexity index is 834. The molecular formula is C22H28N4. The fourth-order valence-corrected chi connectivity index (χ4v) is 3.04. The maximum atomic E-state index is 4.81. The van der Waals surface area contributed by atoms with Crippen molar-refractivity contribution < 1.29 is 0 Å². The summed E-state index contributed by atoms with van der Waals surface area (Å²) in [5.74, 6) is 0.397. The van der Waals surface area contributed by atoms with Crippen molar-refractivity contribution in [2.45, 2.75) is 32.9 Å². The predicted molar refractivity (Wildman–Crippen MR) is 109 cm³/mol. The van der Waals surface area contributed by atoms with Gasteiger partial charge in [0.1, 0.15) is 0 Å². The van der Waals surface area contributed by atoms with Crippen molar-refractivity contribution in [1.29, 1.82) is 0 Å². The molecule has 0 aliphatic heterocycles. The summed E-state index contributed by atoms with van der Waals surface area (Å²) in [5.41, 5.74) is 6.03. The third kappa shape index (κ3) is 4.33. The number of nitrogens with one attached hydrogen (secondary N) is 1. The first kappa shape index (κ1) is 18.2. The van der Waals surface area contributed by atoms with Crippen molar-refractivity contribution in [2.75, 3.05) is 19.0 Å². The molecule has 1 aromatic heterocycles. The topological polar surface area (TPSA) is 33.1 Å². The van der Waals surface area contributed by atoms with Crippen LogP contribution >= 0.6 is 0 Å². The van der Waals surface area contributed by atoms with E-state index in [-0.39, 0.29) is 0 Å². The van der Waals surface area contributed by atoms with Gasteiger partial charge in [0, 0.05) is 44.6 Å². The highest BCUT2D eigenvalue weighted by molar-refractivity contribution is 5.47. The number of hydrogen-bond donors (Lipinski definition) is 1. The first-order chi connectivity index (χ1) is 12.5. The molecule has 0 bridgehead atoms. The van der Waals surface area contributed by atoms with Crippen LogP contribution in [0.4, 0.5) is 5.69 Å². The quantitative estimate of drug-likeness (QED) is 0.689. The molecule has 3 aromatic rings. The molecule has 4 heteroatoms. The van der Waals surface area contributed by atoms with E-state index in [0.717, 1.165) is 24.5 Å². The number of aromatic nitrogens is 2. The molecule has 0 saturated heterocycles. The van der Waals surface area contributed by atoms with Gasteiger partial charge in [-0.25, -0.2) is 4.68 Å². The van der Waals surface area contributed by atoms with Gasteiger partial charge in [-0.15, -0.1) is 0 Å². The average Bonchev–Trinajstić information content (AvgIpc) is 3.07. The van der Waals surface area contributed by atoms with Crippen LogP contribution in [0.2, 0.25) is 0 Å². The zero-order chi connectivity index (χ0) is 18.5. The summed E-state index contributed by atoms with van der Waals surface area (Å²) in [6.45, 7) is 6.05. The van der Waals surface area contributed by atoms with Gasteiger partial charge in [-0.1, -0.05) is 44.2 Å². The normalized spacial score (nSPS) is 11.1. The lowest BCUT2D eigenvalue weighted by molar-refractivity contribution is 0.679.